The maximum Gasteiger partial charge on any atom is 0.123 e. The van der Waals surface area contributed by atoms with Crippen LogP contribution < -0.4 is 4.74 Å². The van der Waals surface area contributed by atoms with E-state index in [1.165, 1.54) is 6.21 Å². The molecule has 0 saturated carbocycles. The molecule has 14 heavy (non-hydrogen) atoms. The number of oxime groups is 1. The number of halogens is 1. The van der Waals surface area contributed by atoms with Gasteiger partial charge in [0, 0.05) is 16.5 Å². The maximum atomic E-state index is 8.51. The summed E-state index contributed by atoms with van der Waals surface area (Å²) in [6, 6.07) is 5.48. The Morgan fingerprint density at radius 2 is 2.43 bits per heavy atom. The van der Waals surface area contributed by atoms with Crippen LogP contribution in [0, 0.1) is 0 Å². The molecule has 0 fully saturated rings. The lowest BCUT2D eigenvalue weighted by Crippen LogP contribution is -2.15. The Hall–Kier alpha value is -1.22. The van der Waals surface area contributed by atoms with Crippen LogP contribution in [0.3, 0.4) is 0 Å². The summed E-state index contributed by atoms with van der Waals surface area (Å²) in [5.41, 5.74) is 0.988. The Morgan fingerprint density at radius 3 is 3.21 bits per heavy atom. The molecule has 1 N–H and O–H groups in total. The highest BCUT2D eigenvalue weighted by Crippen LogP contribution is 2.34. The summed E-state index contributed by atoms with van der Waals surface area (Å²) in [6.07, 6.45) is 2.33. The van der Waals surface area contributed by atoms with Gasteiger partial charge in [0.15, 0.2) is 0 Å². The number of rotatable bonds is 1. The summed E-state index contributed by atoms with van der Waals surface area (Å²) in [5, 5.41) is 12.2. The van der Waals surface area contributed by atoms with E-state index in [-0.39, 0.29) is 5.92 Å². The number of hydrogen-bond donors (Lipinski definition) is 1. The van der Waals surface area contributed by atoms with Gasteiger partial charge in [-0.05, 0) is 24.6 Å². The van der Waals surface area contributed by atoms with E-state index in [1.807, 2.05) is 12.1 Å². The topological polar surface area (TPSA) is 41.8 Å². The number of fused-ring (bicyclic) bond motifs is 1. The van der Waals surface area contributed by atoms with Crippen molar-refractivity contribution >= 4 is 17.8 Å². The van der Waals surface area contributed by atoms with E-state index in [4.69, 9.17) is 21.5 Å². The smallest absolute Gasteiger partial charge is 0.123 e. The normalized spacial score (nSPS) is 20.5. The minimum absolute atomic E-state index is 0.0995. The Labute approximate surface area is 86.9 Å². The molecule has 1 aromatic rings. The van der Waals surface area contributed by atoms with Crippen LogP contribution in [-0.2, 0) is 0 Å². The Balaban J connectivity index is 2.41. The summed E-state index contributed by atoms with van der Waals surface area (Å²) in [6.45, 7) is 0.644. The van der Waals surface area contributed by atoms with Gasteiger partial charge >= 0.3 is 0 Å². The van der Waals surface area contributed by atoms with Crippen LogP contribution in [0.15, 0.2) is 23.4 Å². The van der Waals surface area contributed by atoms with Crippen molar-refractivity contribution in [2.75, 3.05) is 6.61 Å². The molecule has 1 unspecified atom stereocenters. The lowest BCUT2D eigenvalue weighted by molar-refractivity contribution is 0.279. The third-order valence-corrected chi connectivity index (χ3v) is 2.54. The fourth-order valence-corrected chi connectivity index (χ4v) is 1.81. The van der Waals surface area contributed by atoms with Gasteiger partial charge in [0.05, 0.1) is 12.8 Å². The molecule has 0 radical (unpaired) electrons. The molecular formula is C10H10ClNO2. The Kier molecular flexibility index (Phi) is 2.59. The van der Waals surface area contributed by atoms with E-state index in [1.54, 1.807) is 6.07 Å². The van der Waals surface area contributed by atoms with Crippen LogP contribution in [0.1, 0.15) is 17.9 Å². The van der Waals surface area contributed by atoms with Crippen molar-refractivity contribution in [3.8, 4) is 5.75 Å². The molecule has 74 valence electrons. The van der Waals surface area contributed by atoms with Gasteiger partial charge < -0.3 is 9.94 Å². The average molecular weight is 212 g/mol. The molecular weight excluding hydrogens is 202 g/mol. The summed E-state index contributed by atoms with van der Waals surface area (Å²) < 4.78 is 5.45. The van der Waals surface area contributed by atoms with Gasteiger partial charge in [0.2, 0.25) is 0 Å². The van der Waals surface area contributed by atoms with Gasteiger partial charge in [-0.1, -0.05) is 11.6 Å². The van der Waals surface area contributed by atoms with Crippen LogP contribution in [-0.4, -0.2) is 18.0 Å². The molecule has 1 aliphatic rings. The molecule has 0 aromatic heterocycles. The fraction of sp³-hybridized carbons (Fsp3) is 0.300. The minimum atomic E-state index is 0.0995. The lowest BCUT2D eigenvalue weighted by Gasteiger charge is -2.22. The first-order chi connectivity index (χ1) is 6.81. The predicted molar refractivity (Wildman–Crippen MR) is 54.6 cm³/mol. The standard InChI is InChI=1S/C10H10ClNO2/c11-8-1-2-10-9(5-8)7(6-12-13)3-4-14-10/h1-2,5-7,13H,3-4H2. The highest BCUT2D eigenvalue weighted by Gasteiger charge is 2.20. The third kappa shape index (κ3) is 1.68. The highest BCUT2D eigenvalue weighted by molar-refractivity contribution is 6.30. The molecule has 0 amide bonds. The number of hydrogen-bond acceptors (Lipinski definition) is 3. The van der Waals surface area contributed by atoms with Crippen molar-refractivity contribution in [3.05, 3.63) is 28.8 Å². The number of benzene rings is 1. The van der Waals surface area contributed by atoms with Crippen molar-refractivity contribution in [3.63, 3.8) is 0 Å². The monoisotopic (exact) mass is 211 g/mol. The first-order valence-electron chi connectivity index (χ1n) is 4.41. The van der Waals surface area contributed by atoms with E-state index in [2.05, 4.69) is 5.16 Å². The first-order valence-corrected chi connectivity index (χ1v) is 4.79. The quantitative estimate of drug-likeness (QED) is 0.441. The zero-order chi connectivity index (χ0) is 9.97. The molecule has 0 spiro atoms. The SMILES string of the molecule is ON=CC1CCOc2ccc(Cl)cc21. The Morgan fingerprint density at radius 1 is 1.57 bits per heavy atom. The molecule has 2 rings (SSSR count). The molecule has 1 atom stereocenters. The van der Waals surface area contributed by atoms with Crippen molar-refractivity contribution in [2.24, 2.45) is 5.16 Å². The third-order valence-electron chi connectivity index (χ3n) is 2.30. The second-order valence-electron chi connectivity index (χ2n) is 3.19. The summed E-state index contributed by atoms with van der Waals surface area (Å²) in [5.74, 6) is 0.924. The molecule has 4 heteroatoms. The average Bonchev–Trinajstić information content (AvgIpc) is 2.19. The largest absolute Gasteiger partial charge is 0.493 e. The van der Waals surface area contributed by atoms with Crippen LogP contribution in [0.25, 0.3) is 0 Å². The maximum absolute atomic E-state index is 8.51. The lowest BCUT2D eigenvalue weighted by atomic mass is 9.94. The van der Waals surface area contributed by atoms with E-state index < -0.39 is 0 Å². The second kappa shape index (κ2) is 3.88. The van der Waals surface area contributed by atoms with Gasteiger partial charge in [-0.2, -0.15) is 0 Å². The zero-order valence-electron chi connectivity index (χ0n) is 7.48. The van der Waals surface area contributed by atoms with Gasteiger partial charge in [-0.25, -0.2) is 0 Å². The van der Waals surface area contributed by atoms with Crippen LogP contribution >= 0.6 is 11.6 Å². The molecule has 1 aromatic carbocycles. The van der Waals surface area contributed by atoms with Crippen molar-refractivity contribution in [1.29, 1.82) is 0 Å². The van der Waals surface area contributed by atoms with E-state index in [0.29, 0.717) is 11.6 Å². The van der Waals surface area contributed by atoms with E-state index >= 15 is 0 Å². The highest BCUT2D eigenvalue weighted by atomic mass is 35.5. The molecule has 0 aliphatic carbocycles. The molecule has 1 heterocycles. The van der Waals surface area contributed by atoms with Crippen molar-refractivity contribution < 1.29 is 9.94 Å². The molecule has 0 saturated heterocycles. The molecule has 1 aliphatic heterocycles. The van der Waals surface area contributed by atoms with E-state index in [0.717, 1.165) is 17.7 Å². The second-order valence-corrected chi connectivity index (χ2v) is 3.63. The van der Waals surface area contributed by atoms with E-state index in [9.17, 15) is 0 Å². The summed E-state index contributed by atoms with van der Waals surface area (Å²) in [4.78, 5) is 0. The van der Waals surface area contributed by atoms with Gasteiger partial charge in [0.1, 0.15) is 5.75 Å². The number of nitrogens with zero attached hydrogens (tertiary/aromatic N) is 1. The number of ether oxygens (including phenoxy) is 1. The predicted octanol–water partition coefficient (Wildman–Crippen LogP) is 2.67. The molecule has 3 nitrogen and oxygen atoms in total. The molecule has 0 bridgehead atoms. The summed E-state index contributed by atoms with van der Waals surface area (Å²) in [7, 11) is 0. The van der Waals surface area contributed by atoms with Crippen LogP contribution in [0.2, 0.25) is 5.02 Å². The van der Waals surface area contributed by atoms with Gasteiger partial charge in [0.25, 0.3) is 0 Å². The van der Waals surface area contributed by atoms with Crippen molar-refractivity contribution in [2.45, 2.75) is 12.3 Å². The van der Waals surface area contributed by atoms with Crippen LogP contribution in [0.5, 0.6) is 5.75 Å². The zero-order valence-corrected chi connectivity index (χ0v) is 8.24. The van der Waals surface area contributed by atoms with Crippen LogP contribution in [0.4, 0.5) is 0 Å². The fourth-order valence-electron chi connectivity index (χ4n) is 1.63. The summed E-state index contributed by atoms with van der Waals surface area (Å²) >= 11 is 5.88. The minimum Gasteiger partial charge on any atom is -0.493 e. The van der Waals surface area contributed by atoms with Gasteiger partial charge in [-0.3, -0.25) is 0 Å². The first kappa shape index (κ1) is 9.34. The van der Waals surface area contributed by atoms with Crippen molar-refractivity contribution in [1.82, 2.24) is 0 Å². The van der Waals surface area contributed by atoms with Gasteiger partial charge in [-0.15, -0.1) is 5.16 Å². The Bertz CT molecular complexity index is 365.